The van der Waals surface area contributed by atoms with Gasteiger partial charge in [0.2, 0.25) is 0 Å². The summed E-state index contributed by atoms with van der Waals surface area (Å²) in [5.74, 6) is -0.00813. The third-order valence-electron chi connectivity index (χ3n) is 2.85. The van der Waals surface area contributed by atoms with E-state index in [2.05, 4.69) is 0 Å². The number of likely N-dealkylation sites (N-methyl/N-ethyl adjacent to an activating group) is 1. The van der Waals surface area contributed by atoms with Crippen LogP contribution in [0.1, 0.15) is 38.7 Å². The molecular weight excluding hydrogens is 254 g/mol. The van der Waals surface area contributed by atoms with Crippen molar-refractivity contribution in [3.8, 4) is 0 Å². The van der Waals surface area contributed by atoms with Crippen molar-refractivity contribution in [1.82, 2.24) is 4.90 Å². The van der Waals surface area contributed by atoms with E-state index in [-0.39, 0.29) is 12.0 Å². The lowest BCUT2D eigenvalue weighted by molar-refractivity contribution is -0.108. The molecule has 1 atom stereocenters. The molecule has 1 rings (SSSR count). The summed E-state index contributed by atoms with van der Waals surface area (Å²) in [6, 6.07) is 9.73. The van der Waals surface area contributed by atoms with Crippen molar-refractivity contribution >= 4 is 12.4 Å². The molecule has 0 heterocycles. The van der Waals surface area contributed by atoms with Gasteiger partial charge in [-0.25, -0.2) is 4.79 Å². The summed E-state index contributed by atoms with van der Waals surface area (Å²) in [6.07, 6.45) is 0.905. The van der Waals surface area contributed by atoms with E-state index in [0.717, 1.165) is 11.8 Å². The zero-order chi connectivity index (χ0) is 15.2. The molecule has 4 nitrogen and oxygen atoms in total. The monoisotopic (exact) mass is 277 g/mol. The van der Waals surface area contributed by atoms with Gasteiger partial charge in [0.15, 0.2) is 0 Å². The molecule has 110 valence electrons. The molecule has 1 aromatic carbocycles. The second-order valence-electron chi connectivity index (χ2n) is 5.87. The van der Waals surface area contributed by atoms with Crippen molar-refractivity contribution in [2.75, 3.05) is 13.6 Å². The zero-order valence-electron chi connectivity index (χ0n) is 12.6. The third-order valence-corrected chi connectivity index (χ3v) is 2.85. The number of hydrogen-bond donors (Lipinski definition) is 0. The van der Waals surface area contributed by atoms with Gasteiger partial charge in [0.05, 0.1) is 0 Å². The number of amides is 1. The lowest BCUT2D eigenvalue weighted by atomic mass is 9.96. The summed E-state index contributed by atoms with van der Waals surface area (Å²) >= 11 is 0. The van der Waals surface area contributed by atoms with Crippen LogP contribution in [0, 0.1) is 0 Å². The van der Waals surface area contributed by atoms with Gasteiger partial charge in [-0.2, -0.15) is 0 Å². The van der Waals surface area contributed by atoms with E-state index >= 15 is 0 Å². The maximum atomic E-state index is 11.9. The fourth-order valence-corrected chi connectivity index (χ4v) is 1.90. The maximum Gasteiger partial charge on any atom is 0.410 e. The number of benzene rings is 1. The molecule has 0 saturated heterocycles. The lowest BCUT2D eigenvalue weighted by Crippen LogP contribution is -2.36. The van der Waals surface area contributed by atoms with Crippen molar-refractivity contribution in [3.63, 3.8) is 0 Å². The zero-order valence-corrected chi connectivity index (χ0v) is 12.6. The molecule has 0 radical (unpaired) electrons. The maximum absolute atomic E-state index is 11.9. The van der Waals surface area contributed by atoms with E-state index in [0.29, 0.717) is 13.0 Å². The number of rotatable bonds is 5. The van der Waals surface area contributed by atoms with Gasteiger partial charge in [0.1, 0.15) is 11.9 Å². The fraction of sp³-hybridized carbons (Fsp3) is 0.500. The van der Waals surface area contributed by atoms with Gasteiger partial charge >= 0.3 is 6.09 Å². The van der Waals surface area contributed by atoms with Crippen LogP contribution < -0.4 is 0 Å². The minimum Gasteiger partial charge on any atom is -0.444 e. The summed E-state index contributed by atoms with van der Waals surface area (Å²) in [6.45, 7) is 5.95. The van der Waals surface area contributed by atoms with Crippen molar-refractivity contribution < 1.29 is 14.3 Å². The molecule has 1 amide bonds. The Hall–Kier alpha value is -1.84. The van der Waals surface area contributed by atoms with Gasteiger partial charge in [-0.05, 0) is 26.3 Å². The Kier molecular flexibility index (Phi) is 5.74. The Labute approximate surface area is 120 Å². The van der Waals surface area contributed by atoms with Crippen LogP contribution in [-0.4, -0.2) is 36.5 Å². The SMILES string of the molecule is CN(CC(CC=O)c1ccccc1)C(=O)OC(C)(C)C. The first-order valence-electron chi connectivity index (χ1n) is 6.76. The van der Waals surface area contributed by atoms with Crippen molar-refractivity contribution in [2.24, 2.45) is 0 Å². The molecule has 0 bridgehead atoms. The fourth-order valence-electron chi connectivity index (χ4n) is 1.90. The highest BCUT2D eigenvalue weighted by molar-refractivity contribution is 5.68. The highest BCUT2D eigenvalue weighted by Crippen LogP contribution is 2.20. The molecule has 0 aliphatic heterocycles. The molecular formula is C16H23NO3. The summed E-state index contributed by atoms with van der Waals surface area (Å²) < 4.78 is 5.31. The summed E-state index contributed by atoms with van der Waals surface area (Å²) in [5, 5.41) is 0. The molecule has 1 aromatic rings. The summed E-state index contributed by atoms with van der Waals surface area (Å²) in [4.78, 5) is 24.3. The van der Waals surface area contributed by atoms with E-state index < -0.39 is 5.60 Å². The smallest absolute Gasteiger partial charge is 0.410 e. The van der Waals surface area contributed by atoms with Crippen LogP contribution in [0.25, 0.3) is 0 Å². The number of carbonyl (C=O) groups is 2. The molecule has 0 aromatic heterocycles. The normalized spacial score (nSPS) is 12.6. The predicted octanol–water partition coefficient (Wildman–Crippen LogP) is 3.23. The molecule has 0 spiro atoms. The van der Waals surface area contributed by atoms with E-state index in [4.69, 9.17) is 4.74 Å². The molecule has 0 N–H and O–H groups in total. The molecule has 0 fully saturated rings. The highest BCUT2D eigenvalue weighted by atomic mass is 16.6. The van der Waals surface area contributed by atoms with Crippen molar-refractivity contribution in [2.45, 2.75) is 38.7 Å². The van der Waals surface area contributed by atoms with E-state index in [9.17, 15) is 9.59 Å². The summed E-state index contributed by atoms with van der Waals surface area (Å²) in [5.41, 5.74) is 0.535. The van der Waals surface area contributed by atoms with Crippen LogP contribution in [-0.2, 0) is 9.53 Å². The number of carbonyl (C=O) groups excluding carboxylic acids is 2. The van der Waals surface area contributed by atoms with Crippen LogP contribution in [0.3, 0.4) is 0 Å². The van der Waals surface area contributed by atoms with Crippen molar-refractivity contribution in [3.05, 3.63) is 35.9 Å². The second kappa shape index (κ2) is 7.08. The number of ether oxygens (including phenoxy) is 1. The van der Waals surface area contributed by atoms with Gasteiger partial charge in [-0.1, -0.05) is 30.3 Å². The molecule has 0 saturated carbocycles. The number of aldehydes is 1. The van der Waals surface area contributed by atoms with Crippen molar-refractivity contribution in [1.29, 1.82) is 0 Å². The lowest BCUT2D eigenvalue weighted by Gasteiger charge is -2.27. The molecule has 20 heavy (non-hydrogen) atoms. The first-order valence-corrected chi connectivity index (χ1v) is 6.76. The number of hydrogen-bond acceptors (Lipinski definition) is 3. The Balaban J connectivity index is 2.71. The average Bonchev–Trinajstić information content (AvgIpc) is 2.37. The van der Waals surface area contributed by atoms with Crippen LogP contribution in [0.2, 0.25) is 0 Å². The van der Waals surface area contributed by atoms with Gasteiger partial charge in [-0.15, -0.1) is 0 Å². The average molecular weight is 277 g/mol. The topological polar surface area (TPSA) is 46.6 Å². The Morgan fingerprint density at radius 1 is 1.30 bits per heavy atom. The van der Waals surface area contributed by atoms with E-state index in [1.807, 2.05) is 51.1 Å². The van der Waals surface area contributed by atoms with Crippen LogP contribution in [0.4, 0.5) is 4.79 Å². The van der Waals surface area contributed by atoms with Crippen LogP contribution in [0.15, 0.2) is 30.3 Å². The molecule has 0 aliphatic carbocycles. The van der Waals surface area contributed by atoms with Gasteiger partial charge < -0.3 is 14.4 Å². The van der Waals surface area contributed by atoms with Gasteiger partial charge in [0, 0.05) is 25.9 Å². The van der Waals surface area contributed by atoms with E-state index in [1.54, 1.807) is 7.05 Å². The minimum absolute atomic E-state index is 0.00813. The Morgan fingerprint density at radius 3 is 2.40 bits per heavy atom. The van der Waals surface area contributed by atoms with Gasteiger partial charge in [0.25, 0.3) is 0 Å². The standard InChI is InChI=1S/C16H23NO3/c1-16(2,3)20-15(19)17(4)12-14(10-11-18)13-8-6-5-7-9-13/h5-9,11,14H,10,12H2,1-4H3. The predicted molar refractivity (Wildman–Crippen MR) is 78.7 cm³/mol. The largest absolute Gasteiger partial charge is 0.444 e. The first-order chi connectivity index (χ1) is 9.33. The van der Waals surface area contributed by atoms with Crippen LogP contribution in [0.5, 0.6) is 0 Å². The highest BCUT2D eigenvalue weighted by Gasteiger charge is 2.22. The molecule has 4 heteroatoms. The molecule has 0 aliphatic rings. The third kappa shape index (κ3) is 5.43. The number of nitrogens with zero attached hydrogens (tertiary/aromatic N) is 1. The summed E-state index contributed by atoms with van der Waals surface area (Å²) in [7, 11) is 1.69. The minimum atomic E-state index is -0.516. The Morgan fingerprint density at radius 2 is 1.90 bits per heavy atom. The quantitative estimate of drug-likeness (QED) is 0.776. The second-order valence-corrected chi connectivity index (χ2v) is 5.87. The van der Waals surface area contributed by atoms with E-state index in [1.165, 1.54) is 4.90 Å². The molecule has 1 unspecified atom stereocenters. The van der Waals surface area contributed by atoms with Gasteiger partial charge in [-0.3, -0.25) is 0 Å². The first kappa shape index (κ1) is 16.2. The Bertz CT molecular complexity index is 437. The van der Waals surface area contributed by atoms with Crippen LogP contribution >= 0.6 is 0 Å².